The number of hydrogen-bond donors (Lipinski definition) is 1. The molecule has 1 N–H and O–H groups in total. The topological polar surface area (TPSA) is 80.2 Å². The Bertz CT molecular complexity index is 1060. The molecule has 152 valence electrons. The van der Waals surface area contributed by atoms with Crippen LogP contribution in [0.2, 0.25) is 5.02 Å². The van der Waals surface area contributed by atoms with E-state index < -0.39 is 0 Å². The highest BCUT2D eigenvalue weighted by molar-refractivity contribution is 7.12. The minimum atomic E-state index is -0.158. The number of nitrogens with zero attached hydrogens (tertiary/aromatic N) is 3. The number of rotatable bonds is 5. The second-order valence-corrected chi connectivity index (χ2v) is 8.14. The van der Waals surface area contributed by atoms with E-state index in [-0.39, 0.29) is 11.5 Å². The zero-order valence-corrected chi connectivity index (χ0v) is 17.6. The van der Waals surface area contributed by atoms with Gasteiger partial charge in [0.05, 0.1) is 18.9 Å². The number of amides is 1. The lowest BCUT2D eigenvalue weighted by Crippen LogP contribution is -2.40. The third-order valence-corrected chi connectivity index (χ3v) is 6.05. The Kier molecular flexibility index (Phi) is 5.84. The molecule has 0 saturated carbocycles. The van der Waals surface area contributed by atoms with Crippen LogP contribution in [0.1, 0.15) is 17.7 Å². The van der Waals surface area contributed by atoms with Gasteiger partial charge < -0.3 is 9.64 Å². The van der Waals surface area contributed by atoms with Gasteiger partial charge in [0.15, 0.2) is 0 Å². The molecule has 4 rings (SSSR count). The molecular formula is C20H21ClN4O3S. The van der Waals surface area contributed by atoms with Crippen molar-refractivity contribution in [2.24, 2.45) is 0 Å². The van der Waals surface area contributed by atoms with Crippen LogP contribution < -0.4 is 5.56 Å². The summed E-state index contributed by atoms with van der Waals surface area (Å²) in [5, 5.41) is 6.23. The van der Waals surface area contributed by atoms with Crippen LogP contribution in [0.4, 0.5) is 0 Å². The van der Waals surface area contributed by atoms with Crippen LogP contribution in [0.25, 0.3) is 16.4 Å². The monoisotopic (exact) mass is 432 g/mol. The van der Waals surface area contributed by atoms with Gasteiger partial charge in [-0.05, 0) is 25.5 Å². The lowest BCUT2D eigenvalue weighted by molar-refractivity contribution is -0.135. The summed E-state index contributed by atoms with van der Waals surface area (Å²) in [6.07, 6.45) is 0.710. The van der Waals surface area contributed by atoms with Crippen molar-refractivity contribution in [1.82, 2.24) is 19.7 Å². The van der Waals surface area contributed by atoms with Crippen LogP contribution in [-0.2, 0) is 16.0 Å². The van der Waals surface area contributed by atoms with Crippen molar-refractivity contribution in [3.05, 3.63) is 56.3 Å². The molecule has 2 aromatic heterocycles. The van der Waals surface area contributed by atoms with Crippen LogP contribution >= 0.6 is 22.9 Å². The summed E-state index contributed by atoms with van der Waals surface area (Å²) < 4.78 is 6.73. The third-order valence-electron chi connectivity index (χ3n) is 4.97. The first kappa shape index (κ1) is 19.9. The zero-order chi connectivity index (χ0) is 20.4. The molecule has 9 heteroatoms. The van der Waals surface area contributed by atoms with Gasteiger partial charge in [-0.2, -0.15) is 4.68 Å². The van der Waals surface area contributed by atoms with Crippen molar-refractivity contribution in [3.8, 4) is 16.4 Å². The third kappa shape index (κ3) is 4.29. The van der Waals surface area contributed by atoms with Gasteiger partial charge in [-0.3, -0.25) is 14.7 Å². The number of thiazole rings is 1. The first-order valence-electron chi connectivity index (χ1n) is 9.41. The van der Waals surface area contributed by atoms with Crippen LogP contribution in [0.15, 0.2) is 34.4 Å². The Morgan fingerprint density at radius 1 is 1.28 bits per heavy atom. The predicted octanol–water partition coefficient (Wildman–Crippen LogP) is 3.04. The van der Waals surface area contributed by atoms with Gasteiger partial charge in [0.2, 0.25) is 11.0 Å². The average molecular weight is 433 g/mol. The molecule has 1 amide bonds. The maximum Gasteiger partial charge on any atom is 0.276 e. The van der Waals surface area contributed by atoms with E-state index in [1.54, 1.807) is 4.90 Å². The fourth-order valence-corrected chi connectivity index (χ4v) is 4.25. The Morgan fingerprint density at radius 2 is 2.00 bits per heavy atom. The number of aryl methyl sites for hydroxylation is 1. The fourth-order valence-electron chi connectivity index (χ4n) is 3.33. The Hall–Kier alpha value is -2.42. The standard InChI is InChI=1S/C20H21ClN4O3S/c1-13-16(6-7-18(26)24-8-10-28-11-9-24)19(27)25(23-13)20-22-17(12-29-20)14-2-4-15(21)5-3-14/h2-5,12,23H,6-11H2,1H3. The number of carbonyl (C=O) groups is 1. The number of benzene rings is 1. The fraction of sp³-hybridized carbons (Fsp3) is 0.350. The van der Waals surface area contributed by atoms with E-state index in [2.05, 4.69) is 10.1 Å². The number of nitrogens with one attached hydrogen (secondary N) is 1. The molecule has 3 heterocycles. The molecule has 3 aromatic rings. The van der Waals surface area contributed by atoms with E-state index in [1.807, 2.05) is 36.6 Å². The molecule has 1 fully saturated rings. The summed E-state index contributed by atoms with van der Waals surface area (Å²) in [7, 11) is 0. The zero-order valence-electron chi connectivity index (χ0n) is 16.0. The molecule has 1 aliphatic heterocycles. The molecule has 0 spiro atoms. The van der Waals surface area contributed by atoms with Gasteiger partial charge in [0.25, 0.3) is 5.56 Å². The van der Waals surface area contributed by atoms with Crippen LogP contribution in [-0.4, -0.2) is 51.9 Å². The highest BCUT2D eigenvalue weighted by atomic mass is 35.5. The molecule has 0 aliphatic carbocycles. The van der Waals surface area contributed by atoms with Crippen LogP contribution in [0, 0.1) is 6.92 Å². The second-order valence-electron chi connectivity index (χ2n) is 6.87. The largest absolute Gasteiger partial charge is 0.378 e. The number of ether oxygens (including phenoxy) is 1. The highest BCUT2D eigenvalue weighted by Crippen LogP contribution is 2.25. The molecule has 1 aromatic carbocycles. The minimum Gasteiger partial charge on any atom is -0.378 e. The number of aromatic nitrogens is 3. The molecule has 0 atom stereocenters. The van der Waals surface area contributed by atoms with Crippen molar-refractivity contribution >= 4 is 28.8 Å². The van der Waals surface area contributed by atoms with E-state index in [0.717, 1.165) is 17.0 Å². The molecule has 0 unspecified atom stereocenters. The van der Waals surface area contributed by atoms with Gasteiger partial charge in [-0.25, -0.2) is 4.98 Å². The average Bonchev–Trinajstić information content (AvgIpc) is 3.32. The van der Waals surface area contributed by atoms with Crippen molar-refractivity contribution in [2.45, 2.75) is 19.8 Å². The lowest BCUT2D eigenvalue weighted by atomic mass is 10.1. The van der Waals surface area contributed by atoms with E-state index in [1.165, 1.54) is 16.0 Å². The maximum atomic E-state index is 12.9. The van der Waals surface area contributed by atoms with Gasteiger partial charge in [0.1, 0.15) is 0 Å². The highest BCUT2D eigenvalue weighted by Gasteiger charge is 2.20. The number of carbonyl (C=O) groups excluding carboxylic acids is 1. The van der Waals surface area contributed by atoms with Crippen molar-refractivity contribution < 1.29 is 9.53 Å². The lowest BCUT2D eigenvalue weighted by Gasteiger charge is -2.26. The summed E-state index contributed by atoms with van der Waals surface area (Å²) in [6.45, 7) is 4.22. The predicted molar refractivity (Wildman–Crippen MR) is 113 cm³/mol. The normalized spacial score (nSPS) is 14.3. The quantitative estimate of drug-likeness (QED) is 0.672. The van der Waals surface area contributed by atoms with E-state index in [9.17, 15) is 9.59 Å². The Morgan fingerprint density at radius 3 is 2.72 bits per heavy atom. The first-order valence-corrected chi connectivity index (χ1v) is 10.7. The van der Waals surface area contributed by atoms with Crippen LogP contribution in [0.5, 0.6) is 0 Å². The molecule has 7 nitrogen and oxygen atoms in total. The Balaban J connectivity index is 1.51. The summed E-state index contributed by atoms with van der Waals surface area (Å²) >= 11 is 7.32. The minimum absolute atomic E-state index is 0.0547. The summed E-state index contributed by atoms with van der Waals surface area (Å²) in [4.78, 5) is 31.7. The van der Waals surface area contributed by atoms with Crippen molar-refractivity contribution in [2.75, 3.05) is 26.3 Å². The summed E-state index contributed by atoms with van der Waals surface area (Å²) in [5.41, 5.74) is 2.94. The Labute approximate surface area is 176 Å². The SMILES string of the molecule is Cc1[nH]n(-c2nc(-c3ccc(Cl)cc3)cs2)c(=O)c1CCC(=O)N1CCOCC1. The molecular weight excluding hydrogens is 412 g/mol. The van der Waals surface area contributed by atoms with E-state index in [4.69, 9.17) is 16.3 Å². The summed E-state index contributed by atoms with van der Waals surface area (Å²) in [5.74, 6) is 0.0547. The molecule has 1 saturated heterocycles. The smallest absolute Gasteiger partial charge is 0.276 e. The molecule has 0 bridgehead atoms. The maximum absolute atomic E-state index is 12.9. The van der Waals surface area contributed by atoms with Gasteiger partial charge in [-0.15, -0.1) is 11.3 Å². The van der Waals surface area contributed by atoms with Gasteiger partial charge >= 0.3 is 0 Å². The molecule has 29 heavy (non-hydrogen) atoms. The number of halogens is 1. The van der Waals surface area contributed by atoms with Gasteiger partial charge in [-0.1, -0.05) is 23.7 Å². The number of hydrogen-bond acceptors (Lipinski definition) is 5. The summed E-state index contributed by atoms with van der Waals surface area (Å²) in [6, 6.07) is 7.41. The number of aromatic amines is 1. The second kappa shape index (κ2) is 8.52. The number of morpholine rings is 1. The van der Waals surface area contributed by atoms with Crippen LogP contribution in [0.3, 0.4) is 0 Å². The van der Waals surface area contributed by atoms with Crippen molar-refractivity contribution in [3.63, 3.8) is 0 Å². The van der Waals surface area contributed by atoms with Crippen molar-refractivity contribution in [1.29, 1.82) is 0 Å². The van der Waals surface area contributed by atoms with Gasteiger partial charge in [0, 0.05) is 46.7 Å². The van der Waals surface area contributed by atoms with E-state index >= 15 is 0 Å². The first-order chi connectivity index (χ1) is 14.0. The number of H-pyrrole nitrogens is 1. The van der Waals surface area contributed by atoms with E-state index in [0.29, 0.717) is 54.9 Å². The molecule has 0 radical (unpaired) electrons. The molecule has 1 aliphatic rings.